The van der Waals surface area contributed by atoms with Gasteiger partial charge in [-0.1, -0.05) is 6.08 Å². The van der Waals surface area contributed by atoms with Gasteiger partial charge < -0.3 is 9.47 Å². The van der Waals surface area contributed by atoms with Gasteiger partial charge in [-0.3, -0.25) is 5.43 Å². The first-order valence-electron chi connectivity index (χ1n) is 6.60. The quantitative estimate of drug-likeness (QED) is 0.545. The molecule has 19 heavy (non-hydrogen) atoms. The summed E-state index contributed by atoms with van der Waals surface area (Å²) in [7, 11) is 3.51. The summed E-state index contributed by atoms with van der Waals surface area (Å²) in [6.45, 7) is 10.8. The molecule has 0 spiro atoms. The minimum absolute atomic E-state index is 0.392. The van der Waals surface area contributed by atoms with Gasteiger partial charge in [0.1, 0.15) is 5.60 Å². The van der Waals surface area contributed by atoms with Crippen molar-refractivity contribution >= 4 is 6.09 Å². The fourth-order valence-electron chi connectivity index (χ4n) is 1.52. The molecule has 0 radical (unpaired) electrons. The SMILES string of the molecule is C=C[C@H](CCOC)CCN(C)NC(=O)OC(C)(C)C. The van der Waals surface area contributed by atoms with Crippen LogP contribution in [0, 0.1) is 5.92 Å². The lowest BCUT2D eigenvalue weighted by molar-refractivity contribution is 0.0362. The highest BCUT2D eigenvalue weighted by Gasteiger charge is 2.17. The van der Waals surface area contributed by atoms with Crippen molar-refractivity contribution in [3.63, 3.8) is 0 Å². The van der Waals surface area contributed by atoms with Crippen LogP contribution in [0.4, 0.5) is 4.79 Å². The molecule has 5 heteroatoms. The van der Waals surface area contributed by atoms with Crippen LogP contribution in [0.5, 0.6) is 0 Å². The number of ether oxygens (including phenoxy) is 2. The maximum absolute atomic E-state index is 11.5. The van der Waals surface area contributed by atoms with E-state index in [1.54, 1.807) is 12.1 Å². The number of hydrogen-bond acceptors (Lipinski definition) is 4. The minimum Gasteiger partial charge on any atom is -0.443 e. The minimum atomic E-state index is -0.479. The van der Waals surface area contributed by atoms with Crippen LogP contribution in [0.15, 0.2) is 12.7 Å². The molecule has 0 unspecified atom stereocenters. The molecule has 112 valence electrons. The van der Waals surface area contributed by atoms with Gasteiger partial charge in [-0.2, -0.15) is 0 Å². The van der Waals surface area contributed by atoms with E-state index in [2.05, 4.69) is 12.0 Å². The first kappa shape index (κ1) is 17.9. The van der Waals surface area contributed by atoms with Gasteiger partial charge in [0.05, 0.1) is 0 Å². The largest absolute Gasteiger partial charge is 0.443 e. The summed E-state index contributed by atoms with van der Waals surface area (Å²) in [5.74, 6) is 0.392. The Morgan fingerprint density at radius 1 is 1.42 bits per heavy atom. The van der Waals surface area contributed by atoms with Crippen molar-refractivity contribution in [2.45, 2.75) is 39.2 Å². The van der Waals surface area contributed by atoms with E-state index in [1.807, 2.05) is 33.9 Å². The third-order valence-corrected chi connectivity index (χ3v) is 2.54. The Kier molecular flexibility index (Phi) is 8.43. The van der Waals surface area contributed by atoms with Crippen LogP contribution in [0.3, 0.4) is 0 Å². The molecule has 0 fully saturated rings. The van der Waals surface area contributed by atoms with Gasteiger partial charge in [0, 0.05) is 27.3 Å². The molecule has 0 rings (SSSR count). The van der Waals surface area contributed by atoms with E-state index in [1.165, 1.54) is 0 Å². The van der Waals surface area contributed by atoms with Gasteiger partial charge in [0.2, 0.25) is 0 Å². The molecule has 0 aromatic heterocycles. The van der Waals surface area contributed by atoms with Crippen LogP contribution < -0.4 is 5.43 Å². The summed E-state index contributed by atoms with van der Waals surface area (Å²) < 4.78 is 10.2. The van der Waals surface area contributed by atoms with E-state index in [0.29, 0.717) is 5.92 Å². The predicted molar refractivity (Wildman–Crippen MR) is 76.8 cm³/mol. The van der Waals surface area contributed by atoms with Crippen LogP contribution in [0.25, 0.3) is 0 Å². The summed E-state index contributed by atoms with van der Waals surface area (Å²) in [4.78, 5) is 11.5. The molecular weight excluding hydrogens is 244 g/mol. The molecule has 0 bridgehead atoms. The number of rotatable bonds is 8. The van der Waals surface area contributed by atoms with E-state index in [9.17, 15) is 4.79 Å². The van der Waals surface area contributed by atoms with Gasteiger partial charge in [-0.15, -0.1) is 6.58 Å². The van der Waals surface area contributed by atoms with E-state index in [0.717, 1.165) is 26.0 Å². The smallest absolute Gasteiger partial charge is 0.422 e. The molecule has 0 saturated heterocycles. The Hall–Kier alpha value is -1.07. The molecule has 1 N–H and O–H groups in total. The highest BCUT2D eigenvalue weighted by molar-refractivity contribution is 5.66. The molecule has 5 nitrogen and oxygen atoms in total. The Balaban J connectivity index is 3.93. The summed E-state index contributed by atoms with van der Waals surface area (Å²) >= 11 is 0. The van der Waals surface area contributed by atoms with Crippen LogP contribution in [-0.2, 0) is 9.47 Å². The van der Waals surface area contributed by atoms with Crippen molar-refractivity contribution in [3.05, 3.63) is 12.7 Å². The molecule has 0 heterocycles. The number of carbonyl (C=O) groups excluding carboxylic acids is 1. The topological polar surface area (TPSA) is 50.8 Å². The monoisotopic (exact) mass is 272 g/mol. The van der Waals surface area contributed by atoms with E-state index in [4.69, 9.17) is 9.47 Å². The Bertz CT molecular complexity index is 274. The van der Waals surface area contributed by atoms with Crippen molar-refractivity contribution in [1.82, 2.24) is 10.4 Å². The lowest BCUT2D eigenvalue weighted by Gasteiger charge is -2.24. The number of methoxy groups -OCH3 is 1. The van der Waals surface area contributed by atoms with Gasteiger partial charge >= 0.3 is 6.09 Å². The second kappa shape index (κ2) is 8.93. The van der Waals surface area contributed by atoms with Crippen molar-refractivity contribution in [3.8, 4) is 0 Å². The molecule has 0 aliphatic rings. The van der Waals surface area contributed by atoms with E-state index < -0.39 is 11.7 Å². The third kappa shape index (κ3) is 10.5. The Morgan fingerprint density at radius 2 is 2.05 bits per heavy atom. The third-order valence-electron chi connectivity index (χ3n) is 2.54. The molecule has 1 atom stereocenters. The lowest BCUT2D eigenvalue weighted by atomic mass is 10.0. The Labute approximate surface area is 116 Å². The highest BCUT2D eigenvalue weighted by atomic mass is 16.6. The average Bonchev–Trinajstić information content (AvgIpc) is 2.26. The van der Waals surface area contributed by atoms with Crippen LogP contribution in [0.2, 0.25) is 0 Å². The molecular formula is C14H28N2O3. The zero-order valence-corrected chi connectivity index (χ0v) is 12.9. The van der Waals surface area contributed by atoms with Crippen LogP contribution in [-0.4, -0.2) is 44.0 Å². The van der Waals surface area contributed by atoms with Crippen LogP contribution in [0.1, 0.15) is 33.6 Å². The summed E-state index contributed by atoms with van der Waals surface area (Å²) in [5, 5.41) is 1.73. The number of hydrazine groups is 1. The fraction of sp³-hybridized carbons (Fsp3) is 0.786. The molecule has 0 aromatic rings. The molecule has 1 amide bonds. The molecule has 0 aromatic carbocycles. The zero-order valence-electron chi connectivity index (χ0n) is 12.9. The maximum Gasteiger partial charge on any atom is 0.422 e. The standard InChI is InChI=1S/C14H28N2O3/c1-7-12(9-11-18-6)8-10-16(5)15-13(17)19-14(2,3)4/h7,12H,1,8-11H2,2-6H3,(H,15,17)/t12-/m0/s1. The first-order chi connectivity index (χ1) is 8.78. The number of nitrogens with zero attached hydrogens (tertiary/aromatic N) is 1. The van der Waals surface area contributed by atoms with Crippen molar-refractivity contribution in [2.75, 3.05) is 27.3 Å². The van der Waals surface area contributed by atoms with Crippen molar-refractivity contribution in [2.24, 2.45) is 5.92 Å². The summed E-state index contributed by atoms with van der Waals surface area (Å²) in [6.07, 6.45) is 3.36. The zero-order chi connectivity index (χ0) is 14.9. The van der Waals surface area contributed by atoms with Gasteiger partial charge in [-0.05, 0) is 39.5 Å². The second-order valence-corrected chi connectivity index (χ2v) is 5.60. The maximum atomic E-state index is 11.5. The number of nitrogens with one attached hydrogen (secondary N) is 1. The number of hydrogen-bond donors (Lipinski definition) is 1. The molecule has 0 aliphatic carbocycles. The predicted octanol–water partition coefficient (Wildman–Crippen LogP) is 2.59. The summed E-state index contributed by atoms with van der Waals surface area (Å²) in [6, 6.07) is 0. The van der Waals surface area contributed by atoms with Gasteiger partial charge in [0.25, 0.3) is 0 Å². The van der Waals surface area contributed by atoms with E-state index in [-0.39, 0.29) is 0 Å². The highest BCUT2D eigenvalue weighted by Crippen LogP contribution is 2.10. The number of allylic oxidation sites excluding steroid dienone is 1. The fourth-order valence-corrected chi connectivity index (χ4v) is 1.52. The van der Waals surface area contributed by atoms with Crippen molar-refractivity contribution < 1.29 is 14.3 Å². The molecule has 0 aliphatic heterocycles. The lowest BCUT2D eigenvalue weighted by Crippen LogP contribution is -2.43. The first-order valence-corrected chi connectivity index (χ1v) is 6.60. The normalized spacial score (nSPS) is 13.2. The molecule has 0 saturated carbocycles. The van der Waals surface area contributed by atoms with Gasteiger partial charge in [-0.25, -0.2) is 9.80 Å². The second-order valence-electron chi connectivity index (χ2n) is 5.60. The van der Waals surface area contributed by atoms with Crippen molar-refractivity contribution in [1.29, 1.82) is 0 Å². The average molecular weight is 272 g/mol. The summed E-state index contributed by atoms with van der Waals surface area (Å²) in [5.41, 5.74) is 2.20. The van der Waals surface area contributed by atoms with Crippen LogP contribution >= 0.6 is 0 Å². The van der Waals surface area contributed by atoms with E-state index >= 15 is 0 Å². The number of amides is 1. The van der Waals surface area contributed by atoms with Gasteiger partial charge in [0.15, 0.2) is 0 Å². The Morgan fingerprint density at radius 3 is 2.53 bits per heavy atom. The number of carbonyl (C=O) groups is 1.